The Morgan fingerprint density at radius 3 is 2.61 bits per heavy atom. The number of nitrogens with zero attached hydrogens (tertiary/aromatic N) is 2. The molecule has 6 heteroatoms. The summed E-state index contributed by atoms with van der Waals surface area (Å²) in [6, 6.07) is 18.9. The van der Waals surface area contributed by atoms with Crippen molar-refractivity contribution >= 4 is 11.8 Å². The minimum absolute atomic E-state index is 0.0203. The lowest BCUT2D eigenvalue weighted by Crippen LogP contribution is -2.34. The minimum Gasteiger partial charge on any atom is -0.350 e. The average molecular weight is 444 g/mol. The molecular formula is C27H29N3O3. The summed E-state index contributed by atoms with van der Waals surface area (Å²) >= 11 is 0. The van der Waals surface area contributed by atoms with Crippen LogP contribution in [0.2, 0.25) is 0 Å². The largest absolute Gasteiger partial charge is 0.350 e. The second-order valence-electron chi connectivity index (χ2n) is 8.66. The molecule has 0 bridgehead atoms. The number of rotatable bonds is 6. The van der Waals surface area contributed by atoms with Gasteiger partial charge in [0, 0.05) is 25.4 Å². The van der Waals surface area contributed by atoms with Crippen molar-refractivity contribution in [3.05, 3.63) is 105 Å². The molecule has 2 aromatic carbocycles. The number of hydrogen-bond acceptors (Lipinski definition) is 3. The molecule has 1 N–H and O–H groups in total. The molecule has 1 aromatic heterocycles. The van der Waals surface area contributed by atoms with Crippen molar-refractivity contribution in [3.8, 4) is 0 Å². The fourth-order valence-electron chi connectivity index (χ4n) is 4.41. The number of pyridine rings is 1. The third-order valence-corrected chi connectivity index (χ3v) is 6.18. The van der Waals surface area contributed by atoms with Crippen LogP contribution in [0.4, 0.5) is 0 Å². The van der Waals surface area contributed by atoms with Gasteiger partial charge >= 0.3 is 0 Å². The van der Waals surface area contributed by atoms with Crippen LogP contribution in [0.3, 0.4) is 0 Å². The highest BCUT2D eigenvalue weighted by Gasteiger charge is 2.31. The van der Waals surface area contributed by atoms with Gasteiger partial charge in [0.2, 0.25) is 5.91 Å². The van der Waals surface area contributed by atoms with Gasteiger partial charge in [-0.25, -0.2) is 0 Å². The highest BCUT2D eigenvalue weighted by atomic mass is 16.2. The maximum Gasteiger partial charge on any atom is 0.255 e. The maximum absolute atomic E-state index is 13.4. The predicted octanol–water partition coefficient (Wildman–Crippen LogP) is 3.76. The van der Waals surface area contributed by atoms with E-state index in [2.05, 4.69) is 37.4 Å². The lowest BCUT2D eigenvalue weighted by atomic mass is 9.97. The van der Waals surface area contributed by atoms with Gasteiger partial charge in [0.25, 0.3) is 11.5 Å². The van der Waals surface area contributed by atoms with Gasteiger partial charge in [-0.1, -0.05) is 54.1 Å². The van der Waals surface area contributed by atoms with E-state index in [9.17, 15) is 14.4 Å². The molecule has 3 aromatic rings. The first-order chi connectivity index (χ1) is 15.9. The van der Waals surface area contributed by atoms with Crippen molar-refractivity contribution in [3.63, 3.8) is 0 Å². The summed E-state index contributed by atoms with van der Waals surface area (Å²) in [5.41, 5.74) is 4.61. The molecule has 4 rings (SSSR count). The van der Waals surface area contributed by atoms with Crippen molar-refractivity contribution in [1.82, 2.24) is 14.8 Å². The number of likely N-dealkylation sites (tertiary alicyclic amines) is 1. The zero-order valence-electron chi connectivity index (χ0n) is 19.1. The van der Waals surface area contributed by atoms with Gasteiger partial charge in [0.15, 0.2) is 0 Å². The Labute approximate surface area is 193 Å². The van der Waals surface area contributed by atoms with Gasteiger partial charge in [-0.3, -0.25) is 14.4 Å². The van der Waals surface area contributed by atoms with Crippen molar-refractivity contribution in [2.45, 2.75) is 45.8 Å². The third kappa shape index (κ3) is 5.22. The van der Waals surface area contributed by atoms with Gasteiger partial charge in [0.1, 0.15) is 6.54 Å². The monoisotopic (exact) mass is 443 g/mol. The molecular weight excluding hydrogens is 414 g/mol. The van der Waals surface area contributed by atoms with E-state index >= 15 is 0 Å². The van der Waals surface area contributed by atoms with Crippen LogP contribution in [-0.2, 0) is 17.9 Å². The number of aromatic nitrogens is 1. The van der Waals surface area contributed by atoms with E-state index in [1.807, 2.05) is 35.2 Å². The Kier molecular flexibility index (Phi) is 6.73. The number of carbonyl (C=O) groups is 2. The summed E-state index contributed by atoms with van der Waals surface area (Å²) in [5, 5.41) is 2.82. The van der Waals surface area contributed by atoms with Crippen LogP contribution < -0.4 is 10.9 Å². The molecule has 0 aliphatic carbocycles. The average Bonchev–Trinajstić information content (AvgIpc) is 3.30. The van der Waals surface area contributed by atoms with Crippen LogP contribution in [0.1, 0.15) is 51.5 Å². The molecule has 6 nitrogen and oxygen atoms in total. The number of nitrogens with one attached hydrogen (secondary N) is 1. The number of aryl methyl sites for hydroxylation is 2. The number of hydrogen-bond donors (Lipinski definition) is 1. The van der Waals surface area contributed by atoms with Crippen molar-refractivity contribution in [2.24, 2.45) is 0 Å². The first kappa shape index (κ1) is 22.5. The van der Waals surface area contributed by atoms with Gasteiger partial charge < -0.3 is 14.8 Å². The van der Waals surface area contributed by atoms with Crippen molar-refractivity contribution < 1.29 is 9.59 Å². The molecule has 1 fully saturated rings. The van der Waals surface area contributed by atoms with E-state index in [-0.39, 0.29) is 30.0 Å². The minimum atomic E-state index is -0.311. The molecule has 1 aliphatic rings. The molecule has 1 aliphatic heterocycles. The van der Waals surface area contributed by atoms with E-state index in [4.69, 9.17) is 0 Å². The van der Waals surface area contributed by atoms with Crippen LogP contribution in [-0.4, -0.2) is 27.8 Å². The molecule has 1 atom stereocenters. The Bertz CT molecular complexity index is 1220. The van der Waals surface area contributed by atoms with Gasteiger partial charge in [-0.15, -0.1) is 0 Å². The fraction of sp³-hybridized carbons (Fsp3) is 0.296. The molecule has 2 heterocycles. The number of benzene rings is 2. The number of carbonyl (C=O) groups excluding carboxylic acids is 2. The summed E-state index contributed by atoms with van der Waals surface area (Å²) in [5.74, 6) is -0.392. The van der Waals surface area contributed by atoms with E-state index in [1.54, 1.807) is 6.07 Å². The van der Waals surface area contributed by atoms with Crippen LogP contribution in [0.15, 0.2) is 71.7 Å². The highest BCUT2D eigenvalue weighted by molar-refractivity contribution is 5.94. The molecule has 170 valence electrons. The summed E-state index contributed by atoms with van der Waals surface area (Å²) in [6.07, 6.45) is 3.36. The van der Waals surface area contributed by atoms with E-state index in [0.717, 1.165) is 18.4 Å². The van der Waals surface area contributed by atoms with Gasteiger partial charge in [-0.05, 0) is 49.4 Å². The summed E-state index contributed by atoms with van der Waals surface area (Å²) < 4.78 is 1.30. The number of amides is 2. The van der Waals surface area contributed by atoms with E-state index in [0.29, 0.717) is 18.7 Å². The SMILES string of the molecule is Cc1ccc(C)c([C@@H]2CCCN2C(=O)c2ccc(=O)n(CC(=O)NCc3ccccc3)c2)c1. The molecule has 0 unspecified atom stereocenters. The van der Waals surface area contributed by atoms with Gasteiger partial charge in [0.05, 0.1) is 11.6 Å². The fourth-order valence-corrected chi connectivity index (χ4v) is 4.41. The first-order valence-electron chi connectivity index (χ1n) is 11.3. The van der Waals surface area contributed by atoms with Crippen LogP contribution in [0.25, 0.3) is 0 Å². The Balaban J connectivity index is 1.49. The van der Waals surface area contributed by atoms with Crippen molar-refractivity contribution in [2.75, 3.05) is 6.54 Å². The lowest BCUT2D eigenvalue weighted by Gasteiger charge is -2.27. The zero-order chi connectivity index (χ0) is 23.4. The smallest absolute Gasteiger partial charge is 0.255 e. The predicted molar refractivity (Wildman–Crippen MR) is 128 cm³/mol. The Morgan fingerprint density at radius 1 is 1.03 bits per heavy atom. The Hall–Kier alpha value is -3.67. The maximum atomic E-state index is 13.4. The molecule has 1 saturated heterocycles. The van der Waals surface area contributed by atoms with E-state index < -0.39 is 0 Å². The second kappa shape index (κ2) is 9.86. The third-order valence-electron chi connectivity index (χ3n) is 6.18. The molecule has 0 spiro atoms. The second-order valence-corrected chi connectivity index (χ2v) is 8.66. The Morgan fingerprint density at radius 2 is 1.82 bits per heavy atom. The zero-order valence-corrected chi connectivity index (χ0v) is 19.1. The van der Waals surface area contributed by atoms with E-state index in [1.165, 1.54) is 33.5 Å². The van der Waals surface area contributed by atoms with Gasteiger partial charge in [-0.2, -0.15) is 0 Å². The van der Waals surface area contributed by atoms with Crippen LogP contribution in [0.5, 0.6) is 0 Å². The van der Waals surface area contributed by atoms with Crippen molar-refractivity contribution in [1.29, 1.82) is 0 Å². The normalized spacial score (nSPS) is 15.5. The first-order valence-corrected chi connectivity index (χ1v) is 11.3. The lowest BCUT2D eigenvalue weighted by molar-refractivity contribution is -0.121. The topological polar surface area (TPSA) is 71.4 Å². The standard InChI is InChI=1S/C27H29N3O3/c1-19-10-11-20(2)23(15-19)24-9-6-14-30(24)27(33)22-12-13-26(32)29(17-22)18-25(31)28-16-21-7-4-3-5-8-21/h3-5,7-8,10-13,15,17,24H,6,9,14,16,18H2,1-2H3,(H,28,31)/t24-/m0/s1. The molecule has 0 saturated carbocycles. The molecule has 0 radical (unpaired) electrons. The molecule has 33 heavy (non-hydrogen) atoms. The highest BCUT2D eigenvalue weighted by Crippen LogP contribution is 2.35. The van der Waals surface area contributed by atoms with Crippen LogP contribution >= 0.6 is 0 Å². The van der Waals surface area contributed by atoms with Crippen LogP contribution in [0, 0.1) is 13.8 Å². The summed E-state index contributed by atoms with van der Waals surface area (Å²) in [7, 11) is 0. The summed E-state index contributed by atoms with van der Waals surface area (Å²) in [4.78, 5) is 40.1. The quantitative estimate of drug-likeness (QED) is 0.631. The molecule has 2 amide bonds. The summed E-state index contributed by atoms with van der Waals surface area (Å²) in [6.45, 7) is 5.06.